The van der Waals surface area contributed by atoms with Gasteiger partial charge >= 0.3 is 5.97 Å². The lowest BCUT2D eigenvalue weighted by Gasteiger charge is -2.27. The third-order valence-electron chi connectivity index (χ3n) is 6.35. The van der Waals surface area contributed by atoms with Crippen molar-refractivity contribution in [3.63, 3.8) is 0 Å². The second-order valence-corrected chi connectivity index (χ2v) is 8.99. The van der Waals surface area contributed by atoms with Crippen LogP contribution in [0.2, 0.25) is 0 Å². The Labute approximate surface area is 229 Å². The number of hydrogen-bond donors (Lipinski definition) is 3. The van der Waals surface area contributed by atoms with Crippen molar-refractivity contribution in [3.05, 3.63) is 90.2 Å². The first kappa shape index (κ1) is 25.0. The number of benzene rings is 3. The molecule has 1 aliphatic heterocycles. The van der Waals surface area contributed by atoms with Gasteiger partial charge in [-0.25, -0.2) is 10.2 Å². The Kier molecular flexibility index (Phi) is 7.01. The maximum atomic E-state index is 11.1. The van der Waals surface area contributed by atoms with Gasteiger partial charge in [0.05, 0.1) is 25.0 Å². The Balaban J connectivity index is 1.23. The number of carboxylic acid groups (broad SMARTS) is 1. The Morgan fingerprint density at radius 1 is 0.900 bits per heavy atom. The van der Waals surface area contributed by atoms with Crippen molar-refractivity contribution in [1.29, 1.82) is 0 Å². The Hall–Kier alpha value is -5.29. The van der Waals surface area contributed by atoms with Crippen LogP contribution in [-0.4, -0.2) is 58.5 Å². The van der Waals surface area contributed by atoms with Crippen LogP contribution in [0.5, 0.6) is 0 Å². The van der Waals surface area contributed by atoms with Crippen LogP contribution < -0.4 is 15.6 Å². The van der Waals surface area contributed by atoms with Crippen molar-refractivity contribution in [3.8, 4) is 11.3 Å². The lowest BCUT2D eigenvalue weighted by atomic mass is 10.1. The number of furan rings is 1. The van der Waals surface area contributed by atoms with Crippen molar-refractivity contribution in [2.75, 3.05) is 41.9 Å². The van der Waals surface area contributed by atoms with Crippen molar-refractivity contribution >= 4 is 46.5 Å². The Morgan fingerprint density at radius 3 is 2.50 bits per heavy atom. The van der Waals surface area contributed by atoms with E-state index in [9.17, 15) is 4.79 Å². The van der Waals surface area contributed by atoms with E-state index in [1.807, 2.05) is 35.2 Å². The highest BCUT2D eigenvalue weighted by molar-refractivity contribution is 5.95. The number of morpholine rings is 1. The monoisotopic (exact) mass is 535 g/mol. The van der Waals surface area contributed by atoms with Gasteiger partial charge in [0.25, 0.3) is 0 Å². The van der Waals surface area contributed by atoms with Crippen molar-refractivity contribution in [1.82, 2.24) is 15.0 Å². The minimum absolute atomic E-state index is 0.212. The fraction of sp³-hybridized carbons (Fsp3) is 0.138. The molecule has 1 saturated heterocycles. The van der Waals surface area contributed by atoms with Gasteiger partial charge in [-0.05, 0) is 35.7 Å². The number of rotatable bonds is 8. The quantitative estimate of drug-likeness (QED) is 0.184. The van der Waals surface area contributed by atoms with Gasteiger partial charge in [0.2, 0.25) is 17.8 Å². The van der Waals surface area contributed by atoms with Gasteiger partial charge in [-0.1, -0.05) is 48.5 Å². The summed E-state index contributed by atoms with van der Waals surface area (Å²) in [7, 11) is 0. The molecular weight excluding hydrogens is 510 g/mol. The molecule has 0 saturated carbocycles. The van der Waals surface area contributed by atoms with Crippen LogP contribution in [0.15, 0.2) is 88.4 Å². The summed E-state index contributed by atoms with van der Waals surface area (Å²) in [5.41, 5.74) is 4.74. The van der Waals surface area contributed by atoms with E-state index < -0.39 is 5.97 Å². The molecule has 5 aromatic rings. The van der Waals surface area contributed by atoms with Crippen LogP contribution in [-0.2, 0) is 4.74 Å². The number of hydrazone groups is 1. The van der Waals surface area contributed by atoms with Crippen molar-refractivity contribution < 1.29 is 19.1 Å². The average molecular weight is 536 g/mol. The van der Waals surface area contributed by atoms with Crippen molar-refractivity contribution in [2.24, 2.45) is 5.10 Å². The molecule has 0 atom stereocenters. The fourth-order valence-electron chi connectivity index (χ4n) is 4.34. The molecular formula is C29H25N7O4. The zero-order chi connectivity index (χ0) is 27.3. The molecule has 0 spiro atoms. The molecule has 11 nitrogen and oxygen atoms in total. The molecule has 0 bridgehead atoms. The van der Waals surface area contributed by atoms with Crippen LogP contribution in [0.4, 0.5) is 23.5 Å². The van der Waals surface area contributed by atoms with Gasteiger partial charge in [-0.15, -0.1) is 0 Å². The van der Waals surface area contributed by atoms with Gasteiger partial charge in [-0.3, -0.25) is 0 Å². The highest BCUT2D eigenvalue weighted by Crippen LogP contribution is 2.26. The summed E-state index contributed by atoms with van der Waals surface area (Å²) in [6.45, 7) is 2.53. The third-order valence-corrected chi connectivity index (χ3v) is 6.35. The number of anilines is 4. The first-order valence-electron chi connectivity index (χ1n) is 12.7. The first-order chi connectivity index (χ1) is 19.6. The summed E-state index contributed by atoms with van der Waals surface area (Å²) >= 11 is 0. The summed E-state index contributed by atoms with van der Waals surface area (Å²) in [6, 6.07) is 24.1. The fourth-order valence-corrected chi connectivity index (χ4v) is 4.34. The van der Waals surface area contributed by atoms with Crippen LogP contribution in [0.3, 0.4) is 0 Å². The summed E-state index contributed by atoms with van der Waals surface area (Å²) in [6.07, 6.45) is 1.52. The molecule has 0 amide bonds. The number of hydrogen-bond acceptors (Lipinski definition) is 10. The summed E-state index contributed by atoms with van der Waals surface area (Å²) in [5, 5.41) is 18.9. The van der Waals surface area contributed by atoms with E-state index in [0.29, 0.717) is 49.7 Å². The molecule has 1 aliphatic rings. The molecule has 0 unspecified atom stereocenters. The highest BCUT2D eigenvalue weighted by Gasteiger charge is 2.17. The second kappa shape index (κ2) is 11.2. The number of fused-ring (bicyclic) bond motifs is 1. The predicted octanol–water partition coefficient (Wildman–Crippen LogP) is 5.01. The van der Waals surface area contributed by atoms with E-state index in [1.165, 1.54) is 18.3 Å². The molecule has 6 rings (SSSR count). The minimum atomic E-state index is -0.976. The van der Waals surface area contributed by atoms with Gasteiger partial charge in [0, 0.05) is 29.7 Å². The first-order valence-corrected chi connectivity index (χ1v) is 12.7. The molecule has 0 aliphatic carbocycles. The number of carboxylic acids is 1. The number of nitrogens with one attached hydrogen (secondary N) is 2. The van der Waals surface area contributed by atoms with Crippen molar-refractivity contribution in [2.45, 2.75) is 0 Å². The van der Waals surface area contributed by atoms with Crippen LogP contribution >= 0.6 is 0 Å². The zero-order valence-corrected chi connectivity index (χ0v) is 21.3. The number of ether oxygens (including phenoxy) is 1. The second-order valence-electron chi connectivity index (χ2n) is 8.99. The summed E-state index contributed by atoms with van der Waals surface area (Å²) in [4.78, 5) is 26.9. The summed E-state index contributed by atoms with van der Waals surface area (Å²) < 4.78 is 11.3. The zero-order valence-electron chi connectivity index (χ0n) is 21.3. The van der Waals surface area contributed by atoms with Crippen LogP contribution in [0, 0.1) is 0 Å². The largest absolute Gasteiger partial charge is 0.478 e. The molecule has 0 radical (unpaired) electrons. The molecule has 40 heavy (non-hydrogen) atoms. The lowest BCUT2D eigenvalue weighted by molar-refractivity contribution is 0.0697. The normalized spacial score (nSPS) is 13.6. The number of aromatic nitrogens is 3. The average Bonchev–Trinajstić information content (AvgIpc) is 3.47. The van der Waals surface area contributed by atoms with E-state index >= 15 is 0 Å². The number of carbonyl (C=O) groups is 1. The lowest BCUT2D eigenvalue weighted by Crippen LogP contribution is -2.37. The third kappa shape index (κ3) is 5.59. The Morgan fingerprint density at radius 2 is 1.68 bits per heavy atom. The maximum Gasteiger partial charge on any atom is 0.335 e. The van der Waals surface area contributed by atoms with E-state index in [-0.39, 0.29) is 11.5 Å². The molecule has 11 heteroatoms. The predicted molar refractivity (Wildman–Crippen MR) is 152 cm³/mol. The maximum absolute atomic E-state index is 11.1. The number of aromatic carboxylic acids is 1. The van der Waals surface area contributed by atoms with Crippen LogP contribution in [0.25, 0.3) is 22.1 Å². The molecule has 200 valence electrons. The molecule has 3 heterocycles. The topological polar surface area (TPSA) is 138 Å². The highest BCUT2D eigenvalue weighted by atomic mass is 16.5. The van der Waals surface area contributed by atoms with Gasteiger partial charge in [0.1, 0.15) is 11.5 Å². The minimum Gasteiger partial charge on any atom is -0.478 e. The van der Waals surface area contributed by atoms with Gasteiger partial charge in [-0.2, -0.15) is 20.1 Å². The van der Waals surface area contributed by atoms with Gasteiger partial charge in [0.15, 0.2) is 0 Å². The SMILES string of the molecule is O=C(O)c1ccc(-c2ccc(/C=N\Nc3nc(Nc4cccc5ccccc45)nc(N4CCOCC4)n3)o2)cc1. The standard InChI is InChI=1S/C29H25N7O4/c37-26(38)21-10-8-20(9-11-21)25-13-12-22(40-25)18-30-35-28-32-27(33-29(34-28)36-14-16-39-17-15-36)31-24-7-3-5-19-4-1-2-6-23(19)24/h1-13,18H,14-17H2,(H,37,38)(H2,31,32,33,34,35)/b30-18-. The smallest absolute Gasteiger partial charge is 0.335 e. The van der Waals surface area contributed by atoms with Gasteiger partial charge < -0.3 is 24.5 Å². The molecule has 3 N–H and O–H groups in total. The van der Waals surface area contributed by atoms with Crippen LogP contribution in [0.1, 0.15) is 16.1 Å². The molecule has 2 aromatic heterocycles. The molecule has 3 aromatic carbocycles. The summed E-state index contributed by atoms with van der Waals surface area (Å²) in [5.74, 6) is 1.29. The van der Waals surface area contributed by atoms with E-state index in [0.717, 1.165) is 22.0 Å². The number of nitrogens with zero attached hydrogens (tertiary/aromatic N) is 5. The van der Waals surface area contributed by atoms with E-state index in [2.05, 4.69) is 42.9 Å². The van der Waals surface area contributed by atoms with E-state index in [1.54, 1.807) is 24.3 Å². The molecule has 1 fully saturated rings. The van der Waals surface area contributed by atoms with E-state index in [4.69, 9.17) is 14.3 Å². The Bertz CT molecular complexity index is 1670.